The number of carboxylic acid groups (broad SMARTS) is 1. The minimum Gasteiger partial charge on any atom is -0.481 e. The predicted molar refractivity (Wildman–Crippen MR) is 155 cm³/mol. The third kappa shape index (κ3) is 5.94. The van der Waals surface area contributed by atoms with E-state index in [1.165, 1.54) is 0 Å². The van der Waals surface area contributed by atoms with Crippen molar-refractivity contribution in [2.45, 2.75) is 39.0 Å². The first-order valence-corrected chi connectivity index (χ1v) is 17.5. The maximum Gasteiger partial charge on any atom is 0.307 e. The zero-order chi connectivity index (χ0) is 27.9. The second-order valence-electron chi connectivity index (χ2n) is 12.1. The molecule has 0 spiro atoms. The highest BCUT2D eigenvalue weighted by Gasteiger charge is 2.59. The van der Waals surface area contributed by atoms with Crippen molar-refractivity contribution in [3.63, 3.8) is 0 Å². The Morgan fingerprint density at radius 3 is 2.62 bits per heavy atom. The number of ether oxygens (including phenoxy) is 2. The van der Waals surface area contributed by atoms with Gasteiger partial charge in [0.2, 0.25) is 5.88 Å². The van der Waals surface area contributed by atoms with E-state index >= 15 is 0 Å². The summed E-state index contributed by atoms with van der Waals surface area (Å²) in [4.78, 5) is 22.9. The van der Waals surface area contributed by atoms with E-state index in [9.17, 15) is 9.90 Å². The Balaban J connectivity index is 1.05. The molecule has 3 atom stereocenters. The van der Waals surface area contributed by atoms with Crippen LogP contribution >= 0.6 is 0 Å². The molecule has 1 saturated heterocycles. The summed E-state index contributed by atoms with van der Waals surface area (Å²) in [5.41, 5.74) is 3.79. The van der Waals surface area contributed by atoms with E-state index in [0.717, 1.165) is 60.1 Å². The number of aromatic nitrogens is 4. The third-order valence-corrected chi connectivity index (χ3v) is 9.54. The summed E-state index contributed by atoms with van der Waals surface area (Å²) < 4.78 is 13.8. The second-order valence-corrected chi connectivity index (χ2v) is 17.7. The van der Waals surface area contributed by atoms with Crippen molar-refractivity contribution in [3.05, 3.63) is 66.6 Å². The van der Waals surface area contributed by atoms with Gasteiger partial charge in [0.15, 0.2) is 0 Å². The number of pyridine rings is 2. The lowest BCUT2D eigenvalue weighted by atomic mass is 10.2. The smallest absolute Gasteiger partial charge is 0.307 e. The Morgan fingerprint density at radius 1 is 1.07 bits per heavy atom. The van der Waals surface area contributed by atoms with Crippen LogP contribution < -0.4 is 4.74 Å². The molecule has 0 bridgehead atoms. The molecule has 1 aliphatic carbocycles. The predicted octanol–water partition coefficient (Wildman–Crippen LogP) is 5.36. The molecule has 2 aliphatic rings. The van der Waals surface area contributed by atoms with Crippen molar-refractivity contribution in [2.24, 2.45) is 17.8 Å². The average molecular weight is 558 g/mol. The van der Waals surface area contributed by atoms with E-state index in [2.05, 4.69) is 40.7 Å². The lowest BCUT2D eigenvalue weighted by molar-refractivity contribution is -0.139. The number of hydrogen-bond acceptors (Lipinski definition) is 7. The number of aliphatic carboxylic acids is 1. The summed E-state index contributed by atoms with van der Waals surface area (Å²) in [5.74, 6) is 1.03. The average Bonchev–Trinajstić information content (AvgIpc) is 3.21. The first kappa shape index (κ1) is 26.6. The van der Waals surface area contributed by atoms with Gasteiger partial charge in [-0.1, -0.05) is 25.7 Å². The molecule has 9 nitrogen and oxygen atoms in total. The van der Waals surface area contributed by atoms with Gasteiger partial charge in [-0.05, 0) is 54.3 Å². The van der Waals surface area contributed by atoms with Crippen LogP contribution in [-0.2, 0) is 22.8 Å². The molecule has 40 heavy (non-hydrogen) atoms. The van der Waals surface area contributed by atoms with Gasteiger partial charge in [0.1, 0.15) is 12.5 Å². The fourth-order valence-electron chi connectivity index (χ4n) is 5.56. The Morgan fingerprint density at radius 2 is 1.90 bits per heavy atom. The first-order chi connectivity index (χ1) is 19.2. The van der Waals surface area contributed by atoms with Crippen molar-refractivity contribution in [2.75, 3.05) is 19.7 Å². The van der Waals surface area contributed by atoms with Gasteiger partial charge in [0, 0.05) is 63.7 Å². The van der Waals surface area contributed by atoms with Crippen LogP contribution in [0.15, 0.2) is 60.9 Å². The highest BCUT2D eigenvalue weighted by atomic mass is 28.3. The van der Waals surface area contributed by atoms with Gasteiger partial charge in [0.25, 0.3) is 0 Å². The maximum absolute atomic E-state index is 11.2. The van der Waals surface area contributed by atoms with Crippen molar-refractivity contribution in [1.82, 2.24) is 24.6 Å². The number of hydrogen-bond donors (Lipinski definition) is 1. The molecule has 0 amide bonds. The van der Waals surface area contributed by atoms with Gasteiger partial charge in [-0.3, -0.25) is 14.7 Å². The minimum atomic E-state index is -1.13. The molecule has 4 aromatic rings. The van der Waals surface area contributed by atoms with Crippen molar-refractivity contribution in [1.29, 1.82) is 0 Å². The number of carboxylic acids is 1. The molecule has 1 unspecified atom stereocenters. The Kier molecular flexibility index (Phi) is 7.16. The Bertz CT molecular complexity index is 1500. The lowest BCUT2D eigenvalue weighted by Crippen LogP contribution is -2.26. The van der Waals surface area contributed by atoms with Crippen molar-refractivity contribution in [3.8, 4) is 22.9 Å². The summed E-state index contributed by atoms with van der Waals surface area (Å²) in [5, 5.41) is 14.6. The zero-order valence-corrected chi connectivity index (χ0v) is 24.2. The first-order valence-electron chi connectivity index (χ1n) is 13.8. The van der Waals surface area contributed by atoms with Crippen LogP contribution in [0, 0.1) is 17.8 Å². The molecule has 6 rings (SSSR count). The summed E-state index contributed by atoms with van der Waals surface area (Å²) >= 11 is 0. The number of rotatable bonds is 11. The number of piperidine rings is 1. The summed E-state index contributed by atoms with van der Waals surface area (Å²) in [6.07, 6.45) is 3.57. The molecule has 10 heteroatoms. The van der Waals surface area contributed by atoms with E-state index in [-0.39, 0.29) is 5.92 Å². The molecular weight excluding hydrogens is 522 g/mol. The van der Waals surface area contributed by atoms with E-state index < -0.39 is 14.0 Å². The quantitative estimate of drug-likeness (QED) is 0.194. The van der Waals surface area contributed by atoms with Gasteiger partial charge < -0.3 is 14.6 Å². The lowest BCUT2D eigenvalue weighted by Gasteiger charge is -2.18. The van der Waals surface area contributed by atoms with Gasteiger partial charge in [-0.15, -0.1) is 0 Å². The van der Waals surface area contributed by atoms with Crippen LogP contribution in [0.2, 0.25) is 25.7 Å². The SMILES string of the molecule is C[Si](C)(C)CCOCn1nccc1-c1ccc(Oc2ccc3nc(CN4C[C@@H]5C(C(=O)O)[C@@H]5C4)ccc3c2)nc1. The Labute approximate surface area is 234 Å². The van der Waals surface area contributed by atoms with Crippen LogP contribution in [-0.4, -0.2) is 63.5 Å². The van der Waals surface area contributed by atoms with Crippen molar-refractivity contribution >= 4 is 24.9 Å². The largest absolute Gasteiger partial charge is 0.481 e. The molecule has 208 valence electrons. The number of nitrogens with zero attached hydrogens (tertiary/aromatic N) is 5. The molecule has 1 aliphatic heterocycles. The molecule has 3 aromatic heterocycles. The fraction of sp³-hybridized carbons (Fsp3) is 0.400. The monoisotopic (exact) mass is 557 g/mol. The topological polar surface area (TPSA) is 103 Å². The van der Waals surface area contributed by atoms with Gasteiger partial charge in [0.05, 0.1) is 22.8 Å². The van der Waals surface area contributed by atoms with E-state index in [4.69, 9.17) is 14.5 Å². The number of benzene rings is 1. The second kappa shape index (κ2) is 10.8. The Hall–Kier alpha value is -3.60. The normalized spacial score (nSPS) is 20.5. The van der Waals surface area contributed by atoms with Crippen LogP contribution in [0.4, 0.5) is 0 Å². The number of carbonyl (C=O) groups is 1. The number of likely N-dealkylation sites (tertiary alicyclic amines) is 1. The third-order valence-electron chi connectivity index (χ3n) is 7.84. The van der Waals surface area contributed by atoms with Gasteiger partial charge in [-0.2, -0.15) is 5.10 Å². The molecular formula is C30H35N5O4Si. The highest BCUT2D eigenvalue weighted by Crippen LogP contribution is 2.51. The van der Waals surface area contributed by atoms with Gasteiger partial charge in [-0.25, -0.2) is 9.67 Å². The molecule has 1 aromatic carbocycles. The van der Waals surface area contributed by atoms with Crippen LogP contribution in [0.1, 0.15) is 5.69 Å². The molecule has 1 N–H and O–H groups in total. The van der Waals surface area contributed by atoms with E-state index in [1.54, 1.807) is 12.4 Å². The van der Waals surface area contributed by atoms with E-state index in [1.807, 2.05) is 47.1 Å². The zero-order valence-electron chi connectivity index (χ0n) is 23.2. The summed E-state index contributed by atoms with van der Waals surface area (Å²) in [7, 11) is -1.13. The number of fused-ring (bicyclic) bond motifs is 2. The summed E-state index contributed by atoms with van der Waals surface area (Å²) in [6, 6.07) is 16.9. The van der Waals surface area contributed by atoms with Crippen LogP contribution in [0.3, 0.4) is 0 Å². The summed E-state index contributed by atoms with van der Waals surface area (Å²) in [6.45, 7) is 10.6. The highest BCUT2D eigenvalue weighted by molar-refractivity contribution is 6.76. The maximum atomic E-state index is 11.2. The molecule has 0 radical (unpaired) electrons. The van der Waals surface area contributed by atoms with Crippen molar-refractivity contribution < 1.29 is 19.4 Å². The minimum absolute atomic E-state index is 0.141. The van der Waals surface area contributed by atoms with E-state index in [0.29, 0.717) is 30.2 Å². The molecule has 4 heterocycles. The standard InChI is InChI=1S/C30H35N5O4Si/c1-40(2,3)13-12-38-19-35-27(10-11-32-35)21-5-9-28(31-15-21)39-23-7-8-26-20(14-23)4-6-22(33-26)16-34-17-24-25(18-34)29(24)30(36)37/h4-11,14-15,24-25,29H,12-13,16-19H2,1-3H3,(H,36,37)/t24-,25+,29?. The molecule has 2 fully saturated rings. The van der Waals surface area contributed by atoms with Gasteiger partial charge >= 0.3 is 5.97 Å². The molecule has 1 saturated carbocycles. The fourth-order valence-corrected chi connectivity index (χ4v) is 6.32. The van der Waals surface area contributed by atoms with Crippen LogP contribution in [0.25, 0.3) is 22.2 Å². The van der Waals surface area contributed by atoms with Crippen LogP contribution in [0.5, 0.6) is 11.6 Å².